The molecular weight excluding hydrogens is 386 g/mol. The summed E-state index contributed by atoms with van der Waals surface area (Å²) in [5.41, 5.74) is 2.69. The van der Waals surface area contributed by atoms with Gasteiger partial charge in [-0.1, -0.05) is 0 Å². The Hall–Kier alpha value is -1.96. The zero-order chi connectivity index (χ0) is 15.1. The number of hydrogen-bond donors (Lipinski definition) is 2. The Labute approximate surface area is 133 Å². The molecule has 0 fully saturated rings. The first kappa shape index (κ1) is 14.0. The summed E-state index contributed by atoms with van der Waals surface area (Å²) >= 11 is 1.88. The molecule has 4 nitrogen and oxygen atoms in total. The lowest BCUT2D eigenvalue weighted by molar-refractivity contribution is -0.110. The zero-order valence-electron chi connectivity index (χ0n) is 11.0. The van der Waals surface area contributed by atoms with Crippen LogP contribution in [0.25, 0.3) is 11.6 Å². The van der Waals surface area contributed by atoms with E-state index in [1.54, 1.807) is 24.4 Å². The van der Waals surface area contributed by atoms with Crippen LogP contribution >= 0.6 is 22.6 Å². The van der Waals surface area contributed by atoms with Gasteiger partial charge in [0.05, 0.1) is 14.8 Å². The Balaban J connectivity index is 2.11. The summed E-state index contributed by atoms with van der Waals surface area (Å²) in [6, 6.07) is 4.53. The van der Waals surface area contributed by atoms with Gasteiger partial charge in [0.2, 0.25) is 0 Å². The minimum Gasteiger partial charge on any atom is -0.361 e. The lowest BCUT2D eigenvalue weighted by Gasteiger charge is -2.02. The SMILES string of the molecule is CC(=O)c1c[nH]c(/C=C2\C(=O)Nc3ccc(F)c(I)c32)c1. The number of halogens is 2. The summed E-state index contributed by atoms with van der Waals surface area (Å²) in [6.07, 6.45) is 3.20. The van der Waals surface area contributed by atoms with E-state index in [1.807, 2.05) is 22.6 Å². The molecule has 0 saturated heterocycles. The molecule has 0 bridgehead atoms. The van der Waals surface area contributed by atoms with E-state index >= 15 is 0 Å². The van der Waals surface area contributed by atoms with Crippen molar-refractivity contribution in [2.75, 3.05) is 5.32 Å². The minimum atomic E-state index is -0.368. The summed E-state index contributed by atoms with van der Waals surface area (Å²) in [5, 5.41) is 2.71. The van der Waals surface area contributed by atoms with E-state index < -0.39 is 0 Å². The van der Waals surface area contributed by atoms with Crippen LogP contribution in [0.3, 0.4) is 0 Å². The van der Waals surface area contributed by atoms with Crippen LogP contribution < -0.4 is 5.32 Å². The second-order valence-corrected chi connectivity index (χ2v) is 5.77. The van der Waals surface area contributed by atoms with E-state index in [-0.39, 0.29) is 17.5 Å². The Morgan fingerprint density at radius 1 is 1.38 bits per heavy atom. The molecule has 6 heteroatoms. The number of aromatic amines is 1. The molecule has 0 radical (unpaired) electrons. The van der Waals surface area contributed by atoms with Crippen molar-refractivity contribution in [2.45, 2.75) is 6.92 Å². The molecule has 1 aliphatic rings. The van der Waals surface area contributed by atoms with Gasteiger partial charge in [0.15, 0.2) is 5.78 Å². The quantitative estimate of drug-likeness (QED) is 0.464. The summed E-state index contributed by atoms with van der Waals surface area (Å²) in [5.74, 6) is -0.715. The zero-order valence-corrected chi connectivity index (χ0v) is 13.1. The standard InChI is InChI=1S/C15H10FIN2O2/c1-7(20)8-4-9(18-6-8)5-10-13-12(19-15(10)21)3-2-11(16)14(13)17/h2-6,18H,1H3,(H,19,21)/b10-5-. The van der Waals surface area contributed by atoms with Gasteiger partial charge in [0.1, 0.15) is 5.82 Å². The van der Waals surface area contributed by atoms with Crippen LogP contribution in [0.4, 0.5) is 10.1 Å². The Morgan fingerprint density at radius 2 is 2.14 bits per heavy atom. The van der Waals surface area contributed by atoms with Gasteiger partial charge in [-0.25, -0.2) is 4.39 Å². The molecule has 2 heterocycles. The van der Waals surface area contributed by atoms with Crippen molar-refractivity contribution in [3.05, 3.63) is 50.6 Å². The monoisotopic (exact) mass is 396 g/mol. The average Bonchev–Trinajstić information content (AvgIpc) is 3.01. The second-order valence-electron chi connectivity index (χ2n) is 4.70. The van der Waals surface area contributed by atoms with Gasteiger partial charge in [0.25, 0.3) is 5.91 Å². The van der Waals surface area contributed by atoms with E-state index in [4.69, 9.17) is 0 Å². The fourth-order valence-corrected chi connectivity index (χ4v) is 2.97. The molecular formula is C15H10FIN2O2. The molecule has 21 heavy (non-hydrogen) atoms. The van der Waals surface area contributed by atoms with Crippen molar-refractivity contribution in [2.24, 2.45) is 0 Å². The predicted molar refractivity (Wildman–Crippen MR) is 86.4 cm³/mol. The Kier molecular flexibility index (Phi) is 3.40. The first-order valence-electron chi connectivity index (χ1n) is 6.18. The average molecular weight is 396 g/mol. The number of carbonyl (C=O) groups excluding carboxylic acids is 2. The molecule has 0 atom stereocenters. The fourth-order valence-electron chi connectivity index (χ4n) is 2.21. The van der Waals surface area contributed by atoms with Crippen LogP contribution in [0.15, 0.2) is 24.4 Å². The summed E-state index contributed by atoms with van der Waals surface area (Å²) in [4.78, 5) is 26.3. The van der Waals surface area contributed by atoms with Crippen molar-refractivity contribution in [3.63, 3.8) is 0 Å². The first-order valence-corrected chi connectivity index (χ1v) is 7.26. The molecule has 1 aromatic heterocycles. The number of carbonyl (C=O) groups is 2. The molecule has 1 amide bonds. The highest BCUT2D eigenvalue weighted by atomic mass is 127. The molecule has 1 aromatic carbocycles. The molecule has 2 N–H and O–H groups in total. The van der Waals surface area contributed by atoms with Gasteiger partial charge in [-0.15, -0.1) is 0 Å². The van der Waals surface area contributed by atoms with Crippen LogP contribution in [0.2, 0.25) is 0 Å². The van der Waals surface area contributed by atoms with Gasteiger partial charge in [-0.2, -0.15) is 0 Å². The third-order valence-electron chi connectivity index (χ3n) is 3.27. The number of nitrogens with one attached hydrogen (secondary N) is 2. The number of hydrogen-bond acceptors (Lipinski definition) is 2. The third-order valence-corrected chi connectivity index (χ3v) is 4.32. The van der Waals surface area contributed by atoms with E-state index in [0.717, 1.165) is 0 Å². The highest BCUT2D eigenvalue weighted by Crippen LogP contribution is 2.37. The molecule has 0 spiro atoms. The lowest BCUT2D eigenvalue weighted by atomic mass is 10.1. The maximum atomic E-state index is 13.7. The van der Waals surface area contributed by atoms with E-state index in [9.17, 15) is 14.0 Å². The van der Waals surface area contributed by atoms with Crippen LogP contribution in [0.5, 0.6) is 0 Å². The Morgan fingerprint density at radius 3 is 2.81 bits per heavy atom. The number of H-pyrrole nitrogens is 1. The van der Waals surface area contributed by atoms with Crippen LogP contribution in [-0.4, -0.2) is 16.7 Å². The van der Waals surface area contributed by atoms with Gasteiger partial charge < -0.3 is 10.3 Å². The topological polar surface area (TPSA) is 62.0 Å². The van der Waals surface area contributed by atoms with Crippen molar-refractivity contribution in [1.29, 1.82) is 0 Å². The smallest absolute Gasteiger partial charge is 0.256 e. The molecule has 1 aliphatic heterocycles. The van der Waals surface area contributed by atoms with Crippen LogP contribution in [-0.2, 0) is 4.79 Å². The first-order chi connectivity index (χ1) is 9.97. The minimum absolute atomic E-state index is 0.0622. The molecule has 3 rings (SSSR count). The number of rotatable bonds is 2. The number of ketones is 1. The fraction of sp³-hybridized carbons (Fsp3) is 0.0667. The second kappa shape index (κ2) is 5.10. The van der Waals surface area contributed by atoms with Gasteiger partial charge in [0, 0.05) is 23.0 Å². The van der Waals surface area contributed by atoms with Gasteiger partial charge >= 0.3 is 0 Å². The van der Waals surface area contributed by atoms with Crippen LogP contribution in [0, 0.1) is 9.39 Å². The van der Waals surface area contributed by atoms with Gasteiger partial charge in [-0.05, 0) is 53.8 Å². The normalized spacial score (nSPS) is 15.2. The maximum absolute atomic E-state index is 13.7. The summed E-state index contributed by atoms with van der Waals surface area (Å²) in [6.45, 7) is 1.47. The van der Waals surface area contributed by atoms with Crippen molar-refractivity contribution >= 4 is 51.6 Å². The third kappa shape index (κ3) is 2.39. The van der Waals surface area contributed by atoms with Crippen molar-refractivity contribution in [1.82, 2.24) is 4.98 Å². The predicted octanol–water partition coefficient (Wildman–Crippen LogP) is 3.45. The highest BCUT2D eigenvalue weighted by Gasteiger charge is 2.28. The lowest BCUT2D eigenvalue weighted by Crippen LogP contribution is -2.03. The summed E-state index contributed by atoms with van der Waals surface area (Å²) in [7, 11) is 0. The number of Topliss-reactive ketones (excluding diaryl/α,β-unsaturated/α-hetero) is 1. The number of aromatic nitrogens is 1. The largest absolute Gasteiger partial charge is 0.361 e. The number of anilines is 1. The van der Waals surface area contributed by atoms with Crippen molar-refractivity contribution < 1.29 is 14.0 Å². The van der Waals surface area contributed by atoms with E-state index in [1.165, 1.54) is 13.0 Å². The molecule has 2 aromatic rings. The molecule has 0 unspecified atom stereocenters. The van der Waals surface area contributed by atoms with E-state index in [0.29, 0.717) is 31.7 Å². The number of fused-ring (bicyclic) bond motifs is 1. The summed E-state index contributed by atoms with van der Waals surface area (Å²) < 4.78 is 14.1. The molecule has 106 valence electrons. The molecule has 0 saturated carbocycles. The van der Waals surface area contributed by atoms with Crippen molar-refractivity contribution in [3.8, 4) is 0 Å². The van der Waals surface area contributed by atoms with Gasteiger partial charge in [-0.3, -0.25) is 9.59 Å². The Bertz CT molecular complexity index is 808. The number of amides is 1. The maximum Gasteiger partial charge on any atom is 0.256 e. The molecule has 0 aliphatic carbocycles. The highest BCUT2D eigenvalue weighted by molar-refractivity contribution is 14.1. The van der Waals surface area contributed by atoms with E-state index in [2.05, 4.69) is 10.3 Å². The van der Waals surface area contributed by atoms with Crippen LogP contribution in [0.1, 0.15) is 28.5 Å². The number of benzene rings is 1.